The number of aromatic nitrogens is 2. The van der Waals surface area contributed by atoms with Crippen LogP contribution in [0.25, 0.3) is 0 Å². The summed E-state index contributed by atoms with van der Waals surface area (Å²) in [7, 11) is 1.72. The molecule has 1 heterocycles. The van der Waals surface area contributed by atoms with E-state index >= 15 is 0 Å². The van der Waals surface area contributed by atoms with E-state index in [4.69, 9.17) is 0 Å². The van der Waals surface area contributed by atoms with Crippen LogP contribution in [0.15, 0.2) is 35.1 Å². The first kappa shape index (κ1) is 9.77. The molecule has 0 fully saturated rings. The lowest BCUT2D eigenvalue weighted by molar-refractivity contribution is 0.725. The first-order valence-corrected chi connectivity index (χ1v) is 4.95. The van der Waals surface area contributed by atoms with Gasteiger partial charge in [-0.3, -0.25) is 14.6 Å². The van der Waals surface area contributed by atoms with Crippen molar-refractivity contribution in [1.29, 1.82) is 0 Å². The van der Waals surface area contributed by atoms with Gasteiger partial charge in [-0.05, 0) is 12.5 Å². The topological polar surface area (TPSA) is 37.8 Å². The number of rotatable bonds is 2. The smallest absolute Gasteiger partial charge is 0.266 e. The molecule has 0 saturated carbocycles. The summed E-state index contributed by atoms with van der Waals surface area (Å²) in [5.74, 6) is 0. The molecule has 0 aliphatic rings. The first-order chi connectivity index (χ1) is 7.15. The molecule has 0 amide bonds. The second kappa shape index (κ2) is 3.77. The molecule has 1 aromatic carbocycles. The Bertz CT molecular complexity index is 522. The van der Waals surface area contributed by atoms with E-state index in [0.29, 0.717) is 0 Å². The molecule has 0 aliphatic carbocycles. The van der Waals surface area contributed by atoms with Gasteiger partial charge in [0.1, 0.15) is 0 Å². The molecule has 0 atom stereocenters. The highest BCUT2D eigenvalue weighted by Crippen LogP contribution is 2.08. The Hall–Kier alpha value is -1.77. The number of H-pyrrole nitrogens is 1. The minimum Gasteiger partial charge on any atom is -0.300 e. The van der Waals surface area contributed by atoms with Gasteiger partial charge in [-0.25, -0.2) is 0 Å². The van der Waals surface area contributed by atoms with Crippen molar-refractivity contribution in [2.75, 3.05) is 0 Å². The van der Waals surface area contributed by atoms with Gasteiger partial charge in [-0.2, -0.15) is 0 Å². The fraction of sp³-hybridized carbons (Fsp3) is 0.250. The monoisotopic (exact) mass is 202 g/mol. The average Bonchev–Trinajstić information content (AvgIpc) is 2.45. The zero-order chi connectivity index (χ0) is 10.8. The van der Waals surface area contributed by atoms with Crippen LogP contribution in [0, 0.1) is 6.92 Å². The molecule has 15 heavy (non-hydrogen) atoms. The van der Waals surface area contributed by atoms with Crippen molar-refractivity contribution < 1.29 is 0 Å². The molecule has 0 saturated heterocycles. The van der Waals surface area contributed by atoms with Gasteiger partial charge in [0.05, 0.1) is 0 Å². The van der Waals surface area contributed by atoms with Crippen LogP contribution < -0.4 is 5.56 Å². The van der Waals surface area contributed by atoms with Gasteiger partial charge in [-0.15, -0.1) is 0 Å². The fourth-order valence-corrected chi connectivity index (χ4v) is 1.68. The van der Waals surface area contributed by atoms with Crippen LogP contribution in [0.5, 0.6) is 0 Å². The summed E-state index contributed by atoms with van der Waals surface area (Å²) >= 11 is 0. The van der Waals surface area contributed by atoms with Crippen LogP contribution in [0.3, 0.4) is 0 Å². The maximum absolute atomic E-state index is 11.2. The van der Waals surface area contributed by atoms with E-state index in [1.165, 1.54) is 15.8 Å². The van der Waals surface area contributed by atoms with E-state index in [1.807, 2.05) is 6.07 Å². The van der Waals surface area contributed by atoms with Gasteiger partial charge in [0.2, 0.25) is 0 Å². The quantitative estimate of drug-likeness (QED) is 0.789. The van der Waals surface area contributed by atoms with Crippen LogP contribution in [0.4, 0.5) is 0 Å². The largest absolute Gasteiger partial charge is 0.300 e. The Morgan fingerprint density at radius 1 is 1.33 bits per heavy atom. The summed E-state index contributed by atoms with van der Waals surface area (Å²) in [5, 5.41) is 3.02. The predicted octanol–water partition coefficient (Wildman–Crippen LogP) is 1.61. The van der Waals surface area contributed by atoms with Gasteiger partial charge in [0.15, 0.2) is 0 Å². The van der Waals surface area contributed by atoms with E-state index in [9.17, 15) is 4.79 Å². The van der Waals surface area contributed by atoms with Crippen molar-refractivity contribution in [3.63, 3.8) is 0 Å². The second-order valence-electron chi connectivity index (χ2n) is 3.84. The zero-order valence-corrected chi connectivity index (χ0v) is 8.95. The van der Waals surface area contributed by atoms with Crippen LogP contribution in [0.1, 0.15) is 16.8 Å². The van der Waals surface area contributed by atoms with E-state index < -0.39 is 0 Å². The third-order valence-corrected chi connectivity index (χ3v) is 2.42. The molecule has 0 radical (unpaired) electrons. The number of hydrogen-bond acceptors (Lipinski definition) is 1. The van der Waals surface area contributed by atoms with Crippen LogP contribution in [0.2, 0.25) is 0 Å². The van der Waals surface area contributed by atoms with Gasteiger partial charge in [0.25, 0.3) is 5.56 Å². The molecule has 0 spiro atoms. The molecule has 0 unspecified atom stereocenters. The number of nitrogens with zero attached hydrogens (tertiary/aromatic N) is 1. The maximum atomic E-state index is 11.2. The lowest BCUT2D eigenvalue weighted by atomic mass is 10.1. The first-order valence-electron chi connectivity index (χ1n) is 4.95. The van der Waals surface area contributed by atoms with E-state index in [0.717, 1.165) is 12.1 Å². The van der Waals surface area contributed by atoms with E-state index in [1.54, 1.807) is 13.1 Å². The Labute approximate surface area is 88.4 Å². The van der Waals surface area contributed by atoms with Crippen molar-refractivity contribution >= 4 is 0 Å². The molecular weight excluding hydrogens is 188 g/mol. The molecule has 0 aliphatic heterocycles. The van der Waals surface area contributed by atoms with Crippen molar-refractivity contribution in [2.24, 2.45) is 7.05 Å². The standard InChI is InChI=1S/C12H14N2O/c1-9-4-3-5-10(6-9)7-11-8-12(15)14(2)13-11/h3-6,8,13H,7H2,1-2H3. The fourth-order valence-electron chi connectivity index (χ4n) is 1.68. The highest BCUT2D eigenvalue weighted by Gasteiger charge is 2.01. The molecular formula is C12H14N2O. The summed E-state index contributed by atoms with van der Waals surface area (Å²) in [6, 6.07) is 9.94. The van der Waals surface area contributed by atoms with Crippen LogP contribution >= 0.6 is 0 Å². The molecule has 1 N–H and O–H groups in total. The molecule has 0 bridgehead atoms. The molecule has 2 aromatic rings. The average molecular weight is 202 g/mol. The minimum absolute atomic E-state index is 0.0117. The van der Waals surface area contributed by atoms with Gasteiger partial charge >= 0.3 is 0 Å². The molecule has 78 valence electrons. The number of aryl methyl sites for hydroxylation is 2. The summed E-state index contributed by atoms with van der Waals surface area (Å²) in [5.41, 5.74) is 3.42. The van der Waals surface area contributed by atoms with Gasteiger partial charge in [0, 0.05) is 25.2 Å². The maximum Gasteiger partial charge on any atom is 0.266 e. The summed E-state index contributed by atoms with van der Waals surface area (Å²) in [6.45, 7) is 2.07. The van der Waals surface area contributed by atoms with E-state index in [2.05, 4.69) is 30.2 Å². The van der Waals surface area contributed by atoms with Crippen LogP contribution in [-0.4, -0.2) is 9.78 Å². The van der Waals surface area contributed by atoms with E-state index in [-0.39, 0.29) is 5.56 Å². The lowest BCUT2D eigenvalue weighted by Gasteiger charge is -2.00. The van der Waals surface area contributed by atoms with Crippen molar-refractivity contribution in [3.8, 4) is 0 Å². The minimum atomic E-state index is 0.0117. The molecule has 1 aromatic heterocycles. The third-order valence-electron chi connectivity index (χ3n) is 2.42. The summed E-state index contributed by atoms with van der Waals surface area (Å²) in [4.78, 5) is 11.2. The van der Waals surface area contributed by atoms with Crippen molar-refractivity contribution in [1.82, 2.24) is 9.78 Å². The molecule has 3 heteroatoms. The predicted molar refractivity (Wildman–Crippen MR) is 60.0 cm³/mol. The van der Waals surface area contributed by atoms with Crippen molar-refractivity contribution in [3.05, 3.63) is 57.5 Å². The number of nitrogens with one attached hydrogen (secondary N) is 1. The normalized spacial score (nSPS) is 10.5. The molecule has 3 nitrogen and oxygen atoms in total. The zero-order valence-electron chi connectivity index (χ0n) is 8.95. The Morgan fingerprint density at radius 2 is 2.13 bits per heavy atom. The summed E-state index contributed by atoms with van der Waals surface area (Å²) in [6.07, 6.45) is 0.776. The Balaban J connectivity index is 2.25. The highest BCUT2D eigenvalue weighted by atomic mass is 16.1. The van der Waals surface area contributed by atoms with Gasteiger partial charge < -0.3 is 0 Å². The summed E-state index contributed by atoms with van der Waals surface area (Å²) < 4.78 is 1.49. The van der Waals surface area contributed by atoms with Gasteiger partial charge in [-0.1, -0.05) is 29.8 Å². The number of hydrogen-bond donors (Lipinski definition) is 1. The number of benzene rings is 1. The molecule has 2 rings (SSSR count). The second-order valence-corrected chi connectivity index (χ2v) is 3.84. The lowest BCUT2D eigenvalue weighted by Crippen LogP contribution is -2.09. The SMILES string of the molecule is Cc1cccc(Cc2cc(=O)n(C)[nH]2)c1. The highest BCUT2D eigenvalue weighted by molar-refractivity contribution is 5.25. The van der Waals surface area contributed by atoms with Crippen LogP contribution in [-0.2, 0) is 13.5 Å². The number of aromatic amines is 1. The Morgan fingerprint density at radius 3 is 2.73 bits per heavy atom. The van der Waals surface area contributed by atoms with Crippen molar-refractivity contribution in [2.45, 2.75) is 13.3 Å². The Kier molecular flexibility index (Phi) is 2.46. The third kappa shape index (κ3) is 2.18.